The van der Waals surface area contributed by atoms with Gasteiger partial charge in [-0.3, -0.25) is 0 Å². The summed E-state index contributed by atoms with van der Waals surface area (Å²) in [6.07, 6.45) is 0. The molecule has 0 aliphatic heterocycles. The minimum absolute atomic E-state index is 0.640. The van der Waals surface area contributed by atoms with E-state index >= 15 is 0 Å². The van der Waals surface area contributed by atoms with Crippen LogP contribution in [0, 0.1) is 6.92 Å². The maximum Gasteiger partial charge on any atom is 0.146 e. The molecule has 0 saturated carbocycles. The highest BCUT2D eigenvalue weighted by molar-refractivity contribution is 5.26. The van der Waals surface area contributed by atoms with Gasteiger partial charge in [0, 0.05) is 20.7 Å². The maximum absolute atomic E-state index is 5.20. The average molecular weight is 260 g/mol. The fourth-order valence-corrected chi connectivity index (χ4v) is 1.94. The van der Waals surface area contributed by atoms with Gasteiger partial charge in [0.2, 0.25) is 0 Å². The van der Waals surface area contributed by atoms with E-state index in [1.165, 1.54) is 11.1 Å². The molecule has 19 heavy (non-hydrogen) atoms. The first-order valence-electron chi connectivity index (χ1n) is 6.33. The van der Waals surface area contributed by atoms with Crippen molar-refractivity contribution < 1.29 is 4.74 Å². The van der Waals surface area contributed by atoms with E-state index in [1.54, 1.807) is 7.11 Å². The molecule has 1 aromatic carbocycles. The van der Waals surface area contributed by atoms with Crippen LogP contribution in [0.1, 0.15) is 22.8 Å². The number of ether oxygens (including phenoxy) is 1. The second-order valence-corrected chi connectivity index (χ2v) is 4.53. The van der Waals surface area contributed by atoms with Crippen molar-refractivity contribution in [3.05, 3.63) is 47.0 Å². The predicted molar refractivity (Wildman–Crippen MR) is 73.4 cm³/mol. The summed E-state index contributed by atoms with van der Waals surface area (Å²) < 4.78 is 7.20. The van der Waals surface area contributed by atoms with Gasteiger partial charge < -0.3 is 14.6 Å². The highest BCUT2D eigenvalue weighted by Gasteiger charge is 2.05. The molecule has 1 N–H and O–H groups in total. The monoisotopic (exact) mass is 260 g/mol. The van der Waals surface area contributed by atoms with Crippen LogP contribution in [0.5, 0.6) is 0 Å². The number of methoxy groups -OCH3 is 1. The molecule has 102 valence electrons. The summed E-state index contributed by atoms with van der Waals surface area (Å²) in [4.78, 5) is 0. The Bertz CT molecular complexity index is 536. The van der Waals surface area contributed by atoms with E-state index in [0.717, 1.165) is 18.2 Å². The lowest BCUT2D eigenvalue weighted by atomic mass is 10.1. The molecular weight excluding hydrogens is 240 g/mol. The number of rotatable bonds is 6. The van der Waals surface area contributed by atoms with Crippen molar-refractivity contribution in [2.75, 3.05) is 7.11 Å². The molecule has 0 saturated heterocycles. The van der Waals surface area contributed by atoms with E-state index in [2.05, 4.69) is 27.6 Å². The predicted octanol–water partition coefficient (Wildman–Crippen LogP) is 1.56. The van der Waals surface area contributed by atoms with Crippen molar-refractivity contribution in [3.63, 3.8) is 0 Å². The first kappa shape index (κ1) is 13.7. The van der Waals surface area contributed by atoms with Crippen LogP contribution in [0.15, 0.2) is 24.3 Å². The van der Waals surface area contributed by atoms with E-state index < -0.39 is 0 Å². The zero-order valence-electron chi connectivity index (χ0n) is 11.7. The van der Waals surface area contributed by atoms with Crippen LogP contribution in [0.4, 0.5) is 0 Å². The highest BCUT2D eigenvalue weighted by Crippen LogP contribution is 2.09. The molecule has 1 aromatic heterocycles. The molecule has 2 aromatic rings. The fraction of sp³-hybridized carbons (Fsp3) is 0.429. The number of hydrogen-bond donors (Lipinski definition) is 1. The van der Waals surface area contributed by atoms with Crippen LogP contribution in [-0.2, 0) is 31.5 Å². The number of benzene rings is 1. The summed E-state index contributed by atoms with van der Waals surface area (Å²) in [5.41, 5.74) is 2.47. The molecule has 0 aliphatic rings. The van der Waals surface area contributed by atoms with Crippen LogP contribution in [0.2, 0.25) is 0 Å². The molecule has 5 nitrogen and oxygen atoms in total. The lowest BCUT2D eigenvalue weighted by Crippen LogP contribution is -2.17. The van der Waals surface area contributed by atoms with Gasteiger partial charge in [0.15, 0.2) is 0 Å². The van der Waals surface area contributed by atoms with Crippen LogP contribution < -0.4 is 5.32 Å². The van der Waals surface area contributed by atoms with Crippen molar-refractivity contribution in [3.8, 4) is 0 Å². The van der Waals surface area contributed by atoms with Gasteiger partial charge in [-0.2, -0.15) is 0 Å². The number of nitrogens with zero attached hydrogens (tertiary/aromatic N) is 3. The summed E-state index contributed by atoms with van der Waals surface area (Å²) in [5.74, 6) is 1.87. The van der Waals surface area contributed by atoms with Crippen molar-refractivity contribution >= 4 is 0 Å². The first-order chi connectivity index (χ1) is 9.22. The van der Waals surface area contributed by atoms with E-state index in [1.807, 2.05) is 30.7 Å². The van der Waals surface area contributed by atoms with Crippen LogP contribution in [0.25, 0.3) is 0 Å². The third kappa shape index (κ3) is 3.39. The quantitative estimate of drug-likeness (QED) is 0.856. The van der Waals surface area contributed by atoms with E-state index in [4.69, 9.17) is 4.74 Å². The Morgan fingerprint density at radius 3 is 2.53 bits per heavy atom. The van der Waals surface area contributed by atoms with Gasteiger partial charge in [-0.1, -0.05) is 24.3 Å². The first-order valence-corrected chi connectivity index (χ1v) is 6.33. The average Bonchev–Trinajstić information content (AvgIpc) is 2.73. The summed E-state index contributed by atoms with van der Waals surface area (Å²) in [5, 5.41) is 11.6. The third-order valence-electron chi connectivity index (χ3n) is 3.20. The van der Waals surface area contributed by atoms with Crippen molar-refractivity contribution in [2.45, 2.75) is 26.6 Å². The number of hydrogen-bond acceptors (Lipinski definition) is 4. The van der Waals surface area contributed by atoms with E-state index in [0.29, 0.717) is 13.2 Å². The lowest BCUT2D eigenvalue weighted by molar-refractivity contribution is 0.184. The fourth-order valence-electron chi connectivity index (χ4n) is 1.94. The van der Waals surface area contributed by atoms with Crippen LogP contribution in [-0.4, -0.2) is 21.9 Å². The van der Waals surface area contributed by atoms with E-state index in [-0.39, 0.29) is 0 Å². The Morgan fingerprint density at radius 2 is 1.89 bits per heavy atom. The van der Waals surface area contributed by atoms with Gasteiger partial charge in [-0.25, -0.2) is 0 Å². The molecule has 0 radical (unpaired) electrons. The molecule has 0 fully saturated rings. The van der Waals surface area contributed by atoms with Gasteiger partial charge in [0.25, 0.3) is 0 Å². The van der Waals surface area contributed by atoms with Crippen molar-refractivity contribution in [1.82, 2.24) is 20.1 Å². The Kier molecular flexibility index (Phi) is 4.65. The normalized spacial score (nSPS) is 10.9. The smallest absolute Gasteiger partial charge is 0.146 e. The lowest BCUT2D eigenvalue weighted by Gasteiger charge is -2.09. The molecule has 0 unspecified atom stereocenters. The van der Waals surface area contributed by atoms with E-state index in [9.17, 15) is 0 Å². The molecule has 0 amide bonds. The largest absolute Gasteiger partial charge is 0.380 e. The van der Waals surface area contributed by atoms with Gasteiger partial charge in [0.05, 0.1) is 13.2 Å². The second-order valence-electron chi connectivity index (χ2n) is 4.53. The zero-order valence-corrected chi connectivity index (χ0v) is 11.7. The topological polar surface area (TPSA) is 52.0 Å². The Balaban J connectivity index is 1.94. The molecule has 0 bridgehead atoms. The molecular formula is C14H20N4O. The summed E-state index contributed by atoms with van der Waals surface area (Å²) in [6, 6.07) is 8.28. The minimum atomic E-state index is 0.640. The molecule has 0 aliphatic carbocycles. The standard InChI is InChI=1S/C14H20N4O/c1-11-16-17-14(18(11)2)9-15-8-12-6-4-5-7-13(12)10-19-3/h4-7,15H,8-10H2,1-3H3. The SMILES string of the molecule is COCc1ccccc1CNCc1nnc(C)n1C. The molecule has 1 heterocycles. The summed E-state index contributed by atoms with van der Waals surface area (Å²) >= 11 is 0. The molecule has 2 rings (SSSR count). The zero-order chi connectivity index (χ0) is 13.7. The Hall–Kier alpha value is -1.72. The molecule has 0 spiro atoms. The van der Waals surface area contributed by atoms with Gasteiger partial charge in [-0.05, 0) is 18.1 Å². The minimum Gasteiger partial charge on any atom is -0.380 e. The summed E-state index contributed by atoms with van der Waals surface area (Å²) in [7, 11) is 3.69. The van der Waals surface area contributed by atoms with Crippen molar-refractivity contribution in [1.29, 1.82) is 0 Å². The second kappa shape index (κ2) is 6.45. The number of aryl methyl sites for hydroxylation is 1. The van der Waals surface area contributed by atoms with Crippen LogP contribution in [0.3, 0.4) is 0 Å². The van der Waals surface area contributed by atoms with Crippen molar-refractivity contribution in [2.24, 2.45) is 7.05 Å². The molecule has 0 atom stereocenters. The highest BCUT2D eigenvalue weighted by atomic mass is 16.5. The Morgan fingerprint density at radius 1 is 1.16 bits per heavy atom. The number of nitrogens with one attached hydrogen (secondary N) is 1. The van der Waals surface area contributed by atoms with Gasteiger partial charge >= 0.3 is 0 Å². The molecule has 5 heteroatoms. The van der Waals surface area contributed by atoms with Gasteiger partial charge in [0.1, 0.15) is 11.6 Å². The number of aromatic nitrogens is 3. The third-order valence-corrected chi connectivity index (χ3v) is 3.20. The van der Waals surface area contributed by atoms with Gasteiger partial charge in [-0.15, -0.1) is 10.2 Å². The van der Waals surface area contributed by atoms with Crippen LogP contribution >= 0.6 is 0 Å². The Labute approximate surface area is 113 Å². The maximum atomic E-state index is 5.20. The summed E-state index contributed by atoms with van der Waals surface area (Å²) in [6.45, 7) is 4.09.